The van der Waals surface area contributed by atoms with E-state index in [-0.39, 0.29) is 17.6 Å². The van der Waals surface area contributed by atoms with Crippen LogP contribution in [0.5, 0.6) is 0 Å². The molecule has 0 saturated carbocycles. The van der Waals surface area contributed by atoms with E-state index in [0.717, 1.165) is 12.0 Å². The summed E-state index contributed by atoms with van der Waals surface area (Å²) in [5.41, 5.74) is 1.66. The van der Waals surface area contributed by atoms with Crippen LogP contribution in [-0.4, -0.2) is 12.5 Å². The monoisotopic (exact) mass is 306 g/mol. The Hall–Kier alpha value is -1.88. The van der Waals surface area contributed by atoms with Gasteiger partial charge in [-0.15, -0.1) is 0 Å². The van der Waals surface area contributed by atoms with Gasteiger partial charge in [-0.3, -0.25) is 4.79 Å². The lowest BCUT2D eigenvalue weighted by Gasteiger charge is -2.16. The molecule has 0 bridgehead atoms. The molecule has 0 aliphatic rings. The van der Waals surface area contributed by atoms with Gasteiger partial charge in [-0.2, -0.15) is 11.3 Å². The van der Waals surface area contributed by atoms with Gasteiger partial charge in [0.1, 0.15) is 5.82 Å². The number of benzene rings is 1. The summed E-state index contributed by atoms with van der Waals surface area (Å²) >= 11 is 1.58. The lowest BCUT2D eigenvalue weighted by molar-refractivity contribution is 0.0940. The Morgan fingerprint density at radius 2 is 2.19 bits per heavy atom. The van der Waals surface area contributed by atoms with Crippen LogP contribution in [0.25, 0.3) is 0 Å². The molecule has 1 atom stereocenters. The second kappa shape index (κ2) is 7.22. The van der Waals surface area contributed by atoms with Crippen LogP contribution < -0.4 is 10.6 Å². The van der Waals surface area contributed by atoms with Crippen LogP contribution in [-0.2, 0) is 0 Å². The maximum Gasteiger partial charge on any atom is 0.253 e. The number of hydrogen-bond acceptors (Lipinski definition) is 3. The van der Waals surface area contributed by atoms with Crippen molar-refractivity contribution in [2.75, 3.05) is 11.9 Å². The van der Waals surface area contributed by atoms with Crippen LogP contribution in [0.4, 0.5) is 10.1 Å². The van der Waals surface area contributed by atoms with Gasteiger partial charge in [-0.25, -0.2) is 4.39 Å². The van der Waals surface area contributed by atoms with Gasteiger partial charge in [0.2, 0.25) is 0 Å². The Kier molecular flexibility index (Phi) is 5.33. The van der Waals surface area contributed by atoms with Crippen LogP contribution >= 0.6 is 11.3 Å². The molecule has 1 aromatic carbocycles. The van der Waals surface area contributed by atoms with Crippen molar-refractivity contribution in [1.29, 1.82) is 0 Å². The third-order valence-corrected chi connectivity index (χ3v) is 3.90. The Morgan fingerprint density at radius 3 is 2.86 bits per heavy atom. The molecule has 0 aliphatic heterocycles. The molecule has 0 radical (unpaired) electrons. The van der Waals surface area contributed by atoms with Crippen molar-refractivity contribution in [1.82, 2.24) is 5.32 Å². The molecule has 1 unspecified atom stereocenters. The van der Waals surface area contributed by atoms with E-state index >= 15 is 0 Å². The summed E-state index contributed by atoms with van der Waals surface area (Å²) in [5, 5.41) is 9.85. The Bertz CT molecular complexity index is 598. The third-order valence-electron chi connectivity index (χ3n) is 3.20. The summed E-state index contributed by atoms with van der Waals surface area (Å²) in [7, 11) is 0. The minimum atomic E-state index is -0.403. The number of para-hydroxylation sites is 1. The highest BCUT2D eigenvalue weighted by Gasteiger charge is 2.17. The van der Waals surface area contributed by atoms with E-state index in [9.17, 15) is 9.18 Å². The van der Waals surface area contributed by atoms with E-state index in [2.05, 4.69) is 10.6 Å². The van der Waals surface area contributed by atoms with Crippen LogP contribution in [0.3, 0.4) is 0 Å². The first-order chi connectivity index (χ1) is 10.1. The van der Waals surface area contributed by atoms with Gasteiger partial charge in [0, 0.05) is 6.54 Å². The van der Waals surface area contributed by atoms with Gasteiger partial charge in [0.15, 0.2) is 0 Å². The van der Waals surface area contributed by atoms with Crippen molar-refractivity contribution in [2.24, 2.45) is 0 Å². The SMILES string of the molecule is CCCNc1c(F)cccc1C(=O)NC(C)c1ccsc1. The molecule has 0 fully saturated rings. The van der Waals surface area contributed by atoms with Crippen LogP contribution in [0, 0.1) is 5.82 Å². The Morgan fingerprint density at radius 1 is 1.38 bits per heavy atom. The van der Waals surface area contributed by atoms with Crippen molar-refractivity contribution in [2.45, 2.75) is 26.3 Å². The molecule has 1 aromatic heterocycles. The van der Waals surface area contributed by atoms with Gasteiger partial charge >= 0.3 is 0 Å². The molecule has 21 heavy (non-hydrogen) atoms. The second-order valence-corrected chi connectivity index (χ2v) is 5.62. The highest BCUT2D eigenvalue weighted by atomic mass is 32.1. The summed E-state index contributed by atoms with van der Waals surface area (Å²) in [6, 6.07) is 6.41. The first kappa shape index (κ1) is 15.5. The number of thiophene rings is 1. The molecular weight excluding hydrogens is 287 g/mol. The van der Waals surface area contributed by atoms with Crippen molar-refractivity contribution in [3.8, 4) is 0 Å². The number of nitrogens with one attached hydrogen (secondary N) is 2. The topological polar surface area (TPSA) is 41.1 Å². The first-order valence-electron chi connectivity index (χ1n) is 6.98. The smallest absolute Gasteiger partial charge is 0.253 e. The fourth-order valence-corrected chi connectivity index (χ4v) is 2.78. The second-order valence-electron chi connectivity index (χ2n) is 4.84. The van der Waals surface area contributed by atoms with Crippen LogP contribution in [0.2, 0.25) is 0 Å². The standard InChI is InChI=1S/C16H19FN2OS/c1-3-8-18-15-13(5-4-6-14(15)17)16(20)19-11(2)12-7-9-21-10-12/h4-7,9-11,18H,3,8H2,1-2H3,(H,19,20). The number of halogens is 1. The summed E-state index contributed by atoms with van der Waals surface area (Å²) in [4.78, 5) is 12.4. The van der Waals surface area contributed by atoms with Crippen molar-refractivity contribution >= 4 is 22.9 Å². The number of anilines is 1. The zero-order chi connectivity index (χ0) is 15.2. The van der Waals surface area contributed by atoms with E-state index < -0.39 is 5.82 Å². The van der Waals surface area contributed by atoms with Crippen molar-refractivity contribution in [3.05, 3.63) is 52.0 Å². The maximum atomic E-state index is 13.9. The van der Waals surface area contributed by atoms with E-state index in [4.69, 9.17) is 0 Å². The Balaban J connectivity index is 2.17. The molecule has 5 heteroatoms. The molecule has 0 aliphatic carbocycles. The zero-order valence-corrected chi connectivity index (χ0v) is 13.0. The molecule has 3 nitrogen and oxygen atoms in total. The van der Waals surface area contributed by atoms with Gasteiger partial charge in [-0.05, 0) is 47.9 Å². The molecule has 112 valence electrons. The normalized spacial score (nSPS) is 12.0. The highest BCUT2D eigenvalue weighted by molar-refractivity contribution is 7.07. The molecule has 2 N–H and O–H groups in total. The molecule has 1 heterocycles. The average Bonchev–Trinajstić information content (AvgIpc) is 3.00. The predicted octanol–water partition coefficient (Wildman–Crippen LogP) is 4.20. The number of carbonyl (C=O) groups excluding carboxylic acids is 1. The summed E-state index contributed by atoms with van der Waals surface area (Å²) < 4.78 is 13.9. The Labute approximate surface area is 128 Å². The predicted molar refractivity (Wildman–Crippen MR) is 85.4 cm³/mol. The van der Waals surface area contributed by atoms with Gasteiger partial charge in [-0.1, -0.05) is 13.0 Å². The van der Waals surface area contributed by atoms with Gasteiger partial charge in [0.25, 0.3) is 5.91 Å². The van der Waals surface area contributed by atoms with Gasteiger partial charge in [0.05, 0.1) is 17.3 Å². The van der Waals surface area contributed by atoms with E-state index in [1.165, 1.54) is 6.07 Å². The molecule has 0 spiro atoms. The minimum absolute atomic E-state index is 0.106. The molecular formula is C16H19FN2OS. The van der Waals surface area contributed by atoms with Crippen molar-refractivity contribution in [3.63, 3.8) is 0 Å². The molecule has 2 rings (SSSR count). The highest BCUT2D eigenvalue weighted by Crippen LogP contribution is 2.22. The van der Waals surface area contributed by atoms with E-state index in [1.54, 1.807) is 23.5 Å². The fraction of sp³-hybridized carbons (Fsp3) is 0.312. The molecule has 2 aromatic rings. The number of rotatable bonds is 6. The lowest BCUT2D eigenvalue weighted by atomic mass is 10.1. The van der Waals surface area contributed by atoms with Gasteiger partial charge < -0.3 is 10.6 Å². The number of amides is 1. The summed E-state index contributed by atoms with van der Waals surface area (Å²) in [6.07, 6.45) is 0.862. The minimum Gasteiger partial charge on any atom is -0.382 e. The largest absolute Gasteiger partial charge is 0.382 e. The summed E-state index contributed by atoms with van der Waals surface area (Å²) in [5.74, 6) is -0.675. The zero-order valence-electron chi connectivity index (χ0n) is 12.2. The van der Waals surface area contributed by atoms with E-state index in [0.29, 0.717) is 12.1 Å². The van der Waals surface area contributed by atoms with Crippen LogP contribution in [0.15, 0.2) is 35.0 Å². The fourth-order valence-electron chi connectivity index (χ4n) is 2.02. The average molecular weight is 306 g/mol. The number of carbonyl (C=O) groups is 1. The van der Waals surface area contributed by atoms with E-state index in [1.807, 2.05) is 30.7 Å². The lowest BCUT2D eigenvalue weighted by Crippen LogP contribution is -2.27. The quantitative estimate of drug-likeness (QED) is 0.840. The first-order valence-corrected chi connectivity index (χ1v) is 7.93. The van der Waals surface area contributed by atoms with Crippen molar-refractivity contribution < 1.29 is 9.18 Å². The number of hydrogen-bond donors (Lipinski definition) is 2. The maximum absolute atomic E-state index is 13.9. The molecule has 0 saturated heterocycles. The van der Waals surface area contributed by atoms with Crippen LogP contribution in [0.1, 0.15) is 42.2 Å². The molecule has 1 amide bonds. The third kappa shape index (κ3) is 3.82. The summed E-state index contributed by atoms with van der Waals surface area (Å²) in [6.45, 7) is 4.53.